The Kier molecular flexibility index (Phi) is 52.2. The van der Waals surface area contributed by atoms with Gasteiger partial charge >= 0.3 is 67.8 Å². The molecule has 0 amide bonds. The van der Waals surface area contributed by atoms with Crippen molar-refractivity contribution in [2.45, 2.75) is 38.4 Å². The minimum Gasteiger partial charge on any atom is 0 e. The molecule has 6 nitrogen and oxygen atoms in total. The predicted octanol–water partition coefficient (Wildman–Crippen LogP) is 3.64. The maximum Gasteiger partial charge on any atom is 0 e. The molecule has 2 saturated carbocycles. The first-order valence-electron chi connectivity index (χ1n) is 6.91. The first-order valence-corrected chi connectivity index (χ1v) is 9.18. The molecule has 2 fully saturated rings. The summed E-state index contributed by atoms with van der Waals surface area (Å²) in [5.41, 5.74) is 1.01. The molecule has 2 aliphatic carbocycles. The number of hydrogen-bond acceptors (Lipinski definition) is 2. The molecule has 0 aromatic carbocycles. The monoisotopic (exact) mass is 526 g/mol. The van der Waals surface area contributed by atoms with Crippen LogP contribution >= 0.6 is 23.5 Å². The summed E-state index contributed by atoms with van der Waals surface area (Å²) in [6, 6.07) is 0. The van der Waals surface area contributed by atoms with Crippen LogP contribution in [-0.2, 0) is 61.5 Å². The van der Waals surface area contributed by atoms with E-state index in [4.69, 9.17) is 34.3 Å². The van der Waals surface area contributed by atoms with Crippen LogP contribution in [0.3, 0.4) is 0 Å². The van der Waals surface area contributed by atoms with Gasteiger partial charge in [0.1, 0.15) is 0 Å². The molecule has 0 spiro atoms. The van der Waals surface area contributed by atoms with Crippen molar-refractivity contribution >= 4 is 23.5 Å². The van der Waals surface area contributed by atoms with Gasteiger partial charge in [0.25, 0.3) is 0 Å². The van der Waals surface area contributed by atoms with Gasteiger partial charge in [0.2, 0.25) is 0 Å². The van der Waals surface area contributed by atoms with E-state index in [1.54, 1.807) is 11.8 Å². The molecule has 162 valence electrons. The molecular formula is C19H20Co2O6S2. The average molecular weight is 526 g/mol. The fourth-order valence-corrected chi connectivity index (χ4v) is 6.41. The molecule has 3 atom stereocenters. The molecule has 2 bridgehead atoms. The maximum atomic E-state index is 7.50. The van der Waals surface area contributed by atoms with E-state index >= 15 is 0 Å². The van der Waals surface area contributed by atoms with Crippen LogP contribution in [-0.4, -0.2) is 17.3 Å². The molecule has 0 aliphatic heterocycles. The first kappa shape index (κ1) is 46.8. The van der Waals surface area contributed by atoms with Gasteiger partial charge in [0.15, 0.2) is 0 Å². The van der Waals surface area contributed by atoms with E-state index in [1.165, 1.54) is 25.0 Å². The summed E-state index contributed by atoms with van der Waals surface area (Å²) in [5.74, 6) is 2.20. The molecule has 0 aromatic heterocycles. The fraction of sp³-hybridized carbons (Fsp3) is 0.579. The first-order chi connectivity index (χ1) is 13.1. The normalized spacial score (nSPS) is 22.0. The van der Waals surface area contributed by atoms with Gasteiger partial charge in [-0.3, -0.25) is 0 Å². The van der Waals surface area contributed by atoms with E-state index in [-0.39, 0.29) is 33.6 Å². The molecule has 2 rings (SSSR count). The smallest absolute Gasteiger partial charge is 0 e. The van der Waals surface area contributed by atoms with Gasteiger partial charge in [-0.1, -0.05) is 25.6 Å². The standard InChI is InChI=1S/C13H20S2.6CO.2Co/c1-5-15-11-8-10-6-7-13(11,9-14-4)12(10,2)3;6*1-2;;/h1,10-11H,6-9H2,2-4H3;;;;;;;;/t10-,11-,13-;;;;;;;;/m1......../s1. The fourth-order valence-electron chi connectivity index (χ4n) is 3.85. The molecule has 0 aromatic rings. The molecule has 0 saturated heterocycles. The minimum absolute atomic E-state index is 0. The second-order valence-corrected chi connectivity index (χ2v) is 7.41. The summed E-state index contributed by atoms with van der Waals surface area (Å²) in [5, 5.41) is 3.53. The van der Waals surface area contributed by atoms with E-state index in [0.717, 1.165) is 5.92 Å². The third-order valence-electron chi connectivity index (χ3n) is 4.97. The molecule has 0 N–H and O–H groups in total. The topological polar surface area (TPSA) is 119 Å². The van der Waals surface area contributed by atoms with Gasteiger partial charge < -0.3 is 0 Å². The molecule has 2 aliphatic rings. The summed E-state index contributed by atoms with van der Waals surface area (Å²) in [4.78, 5) is 0. The second kappa shape index (κ2) is 32.4. The quantitative estimate of drug-likeness (QED) is 0.317. The Bertz CT molecular complexity index is 488. The van der Waals surface area contributed by atoms with Crippen LogP contribution in [0.15, 0.2) is 0 Å². The molecule has 29 heavy (non-hydrogen) atoms. The molecule has 0 unspecified atom stereocenters. The van der Waals surface area contributed by atoms with Gasteiger partial charge in [0, 0.05) is 44.6 Å². The third-order valence-corrected chi connectivity index (χ3v) is 6.84. The van der Waals surface area contributed by atoms with Crippen LogP contribution < -0.4 is 0 Å². The van der Waals surface area contributed by atoms with Crippen molar-refractivity contribution in [3.8, 4) is 11.7 Å². The zero-order valence-electron chi connectivity index (χ0n) is 16.0. The van der Waals surface area contributed by atoms with Gasteiger partial charge in [0.05, 0.1) is 0 Å². The Balaban J connectivity index is -0.0000000601. The number of terminal acetylenes is 1. The van der Waals surface area contributed by atoms with E-state index in [0.29, 0.717) is 16.1 Å². The van der Waals surface area contributed by atoms with Gasteiger partial charge in [-0.15, -0.1) is 6.42 Å². The minimum atomic E-state index is 0. The van der Waals surface area contributed by atoms with Crippen LogP contribution in [0.5, 0.6) is 0 Å². The van der Waals surface area contributed by atoms with Crippen molar-refractivity contribution in [2.24, 2.45) is 16.7 Å². The third kappa shape index (κ3) is 12.9. The average Bonchev–Trinajstić information content (AvgIpc) is 3.13. The number of hydrogen-bond donors (Lipinski definition) is 0. The van der Waals surface area contributed by atoms with Crippen molar-refractivity contribution < 1.29 is 61.5 Å². The Labute approximate surface area is 202 Å². The van der Waals surface area contributed by atoms with Crippen LogP contribution in [0.2, 0.25) is 0 Å². The van der Waals surface area contributed by atoms with Crippen molar-refractivity contribution in [1.82, 2.24) is 0 Å². The largest absolute Gasteiger partial charge is 0 e. The number of rotatable bonds is 3. The van der Waals surface area contributed by atoms with Crippen molar-refractivity contribution in [3.05, 3.63) is 39.9 Å². The van der Waals surface area contributed by atoms with Crippen LogP contribution in [0.1, 0.15) is 33.1 Å². The predicted molar refractivity (Wildman–Crippen MR) is 95.7 cm³/mol. The second-order valence-electron chi connectivity index (χ2n) is 5.51. The van der Waals surface area contributed by atoms with E-state index in [1.807, 2.05) is 11.8 Å². The Morgan fingerprint density at radius 3 is 1.55 bits per heavy atom. The van der Waals surface area contributed by atoms with Crippen molar-refractivity contribution in [1.29, 1.82) is 0 Å². The van der Waals surface area contributed by atoms with Gasteiger partial charge in [-0.05, 0) is 47.5 Å². The summed E-state index contributed by atoms with van der Waals surface area (Å²) in [6.45, 7) is 31.9. The maximum absolute atomic E-state index is 7.50. The van der Waals surface area contributed by atoms with E-state index in [2.05, 4.69) is 65.3 Å². The molecule has 2 radical (unpaired) electrons. The zero-order valence-corrected chi connectivity index (χ0v) is 19.7. The van der Waals surface area contributed by atoms with E-state index in [9.17, 15) is 0 Å². The van der Waals surface area contributed by atoms with E-state index < -0.39 is 0 Å². The number of thioether (sulfide) groups is 2. The van der Waals surface area contributed by atoms with Crippen molar-refractivity contribution in [3.63, 3.8) is 0 Å². The Hall–Kier alpha value is -0.287. The molecule has 10 heteroatoms. The Morgan fingerprint density at radius 1 is 0.897 bits per heavy atom. The number of fused-ring (bicyclic) bond motifs is 2. The SMILES string of the molecule is C#CS[C@@H]1C[C@H]2CC[C@]1(CSC)C2(C)C.[C-]#[O+].[C-]#[O+].[C-]#[O+].[C-]#[O+].[C-]#[O+].[C-]#[O+].[Co].[Co]. The van der Waals surface area contributed by atoms with Crippen LogP contribution in [0.4, 0.5) is 0 Å². The van der Waals surface area contributed by atoms with Crippen LogP contribution in [0, 0.1) is 68.3 Å². The summed E-state index contributed by atoms with van der Waals surface area (Å²) in [7, 11) is 0. The summed E-state index contributed by atoms with van der Waals surface area (Å²) < 4.78 is 45.0. The summed E-state index contributed by atoms with van der Waals surface area (Å²) in [6.07, 6.45) is 11.9. The van der Waals surface area contributed by atoms with Gasteiger partial charge in [-0.25, -0.2) is 0 Å². The summed E-state index contributed by atoms with van der Waals surface area (Å²) >= 11 is 3.76. The van der Waals surface area contributed by atoms with Crippen molar-refractivity contribution in [2.75, 3.05) is 12.0 Å². The molecule has 0 heterocycles. The Morgan fingerprint density at radius 2 is 1.28 bits per heavy atom. The van der Waals surface area contributed by atoms with Crippen LogP contribution in [0.25, 0.3) is 0 Å². The zero-order chi connectivity index (χ0) is 23.1. The molecular weight excluding hydrogens is 506 g/mol. The van der Waals surface area contributed by atoms with Gasteiger partial charge in [-0.2, -0.15) is 11.8 Å².